The molecule has 0 aliphatic heterocycles. The summed E-state index contributed by atoms with van der Waals surface area (Å²) in [5.41, 5.74) is 4.57. The summed E-state index contributed by atoms with van der Waals surface area (Å²) in [5.74, 6) is 0.614. The molecule has 0 fully saturated rings. The van der Waals surface area contributed by atoms with E-state index in [0.29, 0.717) is 16.6 Å². The Kier molecular flexibility index (Phi) is 4.29. The van der Waals surface area contributed by atoms with E-state index in [9.17, 15) is 5.11 Å². The Morgan fingerprint density at radius 2 is 1.87 bits per heavy atom. The first-order valence-electron chi connectivity index (χ1n) is 6.81. The van der Waals surface area contributed by atoms with Crippen LogP contribution in [0.3, 0.4) is 0 Å². The SMILES string of the molecule is COc1cc(/C=N/Nc2nc3ccccc3s2)cc(OC)c1O. The van der Waals surface area contributed by atoms with Crippen molar-refractivity contribution in [1.29, 1.82) is 0 Å². The fraction of sp³-hybridized carbons (Fsp3) is 0.125. The minimum absolute atomic E-state index is 0.0358. The summed E-state index contributed by atoms with van der Waals surface area (Å²) in [5, 5.41) is 14.8. The molecule has 1 aromatic heterocycles. The monoisotopic (exact) mass is 329 g/mol. The number of ether oxygens (including phenoxy) is 2. The number of para-hydroxylation sites is 1. The van der Waals surface area contributed by atoms with Crippen molar-refractivity contribution in [2.24, 2.45) is 5.10 Å². The van der Waals surface area contributed by atoms with E-state index in [1.54, 1.807) is 18.3 Å². The summed E-state index contributed by atoms with van der Waals surface area (Å²) in [4.78, 5) is 4.43. The first-order chi connectivity index (χ1) is 11.2. The smallest absolute Gasteiger partial charge is 0.204 e. The van der Waals surface area contributed by atoms with Crippen molar-refractivity contribution in [2.75, 3.05) is 19.6 Å². The zero-order valence-corrected chi connectivity index (χ0v) is 13.4. The number of hydrazone groups is 1. The lowest BCUT2D eigenvalue weighted by Gasteiger charge is -2.09. The third-order valence-electron chi connectivity index (χ3n) is 3.17. The van der Waals surface area contributed by atoms with Gasteiger partial charge in [0.2, 0.25) is 10.9 Å². The van der Waals surface area contributed by atoms with Crippen LogP contribution in [-0.4, -0.2) is 30.5 Å². The van der Waals surface area contributed by atoms with Gasteiger partial charge < -0.3 is 14.6 Å². The first kappa shape index (κ1) is 15.1. The number of phenols is 1. The Morgan fingerprint density at radius 1 is 1.17 bits per heavy atom. The van der Waals surface area contributed by atoms with Gasteiger partial charge in [-0.25, -0.2) is 4.98 Å². The highest BCUT2D eigenvalue weighted by molar-refractivity contribution is 7.22. The largest absolute Gasteiger partial charge is 0.502 e. The standard InChI is InChI=1S/C16H15N3O3S/c1-21-12-7-10(8-13(22-2)15(12)20)9-17-19-16-18-11-5-3-4-6-14(11)23-16/h3-9,20H,1-2H3,(H,18,19)/b17-9+. The number of thiazole rings is 1. The lowest BCUT2D eigenvalue weighted by atomic mass is 10.2. The topological polar surface area (TPSA) is 76.0 Å². The van der Waals surface area contributed by atoms with Crippen LogP contribution in [0.2, 0.25) is 0 Å². The van der Waals surface area contributed by atoms with Crippen LogP contribution in [0.5, 0.6) is 17.2 Å². The highest BCUT2D eigenvalue weighted by Gasteiger charge is 2.10. The Balaban J connectivity index is 1.79. The predicted octanol–water partition coefficient (Wildman–Crippen LogP) is 3.47. The second-order valence-corrected chi connectivity index (χ2v) is 5.66. The molecule has 0 radical (unpaired) electrons. The van der Waals surface area contributed by atoms with Gasteiger partial charge in [0.1, 0.15) is 0 Å². The molecule has 118 valence electrons. The van der Waals surface area contributed by atoms with Gasteiger partial charge in [-0.3, -0.25) is 5.43 Å². The van der Waals surface area contributed by atoms with Gasteiger partial charge in [-0.05, 0) is 24.3 Å². The molecular weight excluding hydrogens is 314 g/mol. The summed E-state index contributed by atoms with van der Waals surface area (Å²) >= 11 is 1.52. The molecule has 7 heteroatoms. The Labute approximate surface area is 137 Å². The molecule has 0 aliphatic carbocycles. The Hall–Kier alpha value is -2.80. The average Bonchev–Trinajstić information content (AvgIpc) is 2.98. The summed E-state index contributed by atoms with van der Waals surface area (Å²) in [6.45, 7) is 0. The molecule has 0 unspecified atom stereocenters. The van der Waals surface area contributed by atoms with Gasteiger partial charge in [0.25, 0.3) is 0 Å². The van der Waals surface area contributed by atoms with Crippen molar-refractivity contribution in [3.63, 3.8) is 0 Å². The second kappa shape index (κ2) is 6.53. The number of aromatic hydroxyl groups is 1. The van der Waals surface area contributed by atoms with Crippen molar-refractivity contribution < 1.29 is 14.6 Å². The van der Waals surface area contributed by atoms with E-state index in [2.05, 4.69) is 15.5 Å². The van der Waals surface area contributed by atoms with Crippen LogP contribution < -0.4 is 14.9 Å². The zero-order valence-electron chi connectivity index (χ0n) is 12.6. The van der Waals surface area contributed by atoms with Crippen LogP contribution in [-0.2, 0) is 0 Å². The minimum atomic E-state index is -0.0358. The van der Waals surface area contributed by atoms with Gasteiger partial charge in [0.15, 0.2) is 11.5 Å². The highest BCUT2D eigenvalue weighted by atomic mass is 32.1. The molecule has 0 saturated heterocycles. The van der Waals surface area contributed by atoms with Gasteiger partial charge in [0, 0.05) is 5.56 Å². The van der Waals surface area contributed by atoms with Crippen molar-refractivity contribution in [3.8, 4) is 17.2 Å². The average molecular weight is 329 g/mol. The van der Waals surface area contributed by atoms with E-state index in [4.69, 9.17) is 9.47 Å². The molecule has 0 bridgehead atoms. The van der Waals surface area contributed by atoms with Crippen molar-refractivity contribution in [3.05, 3.63) is 42.0 Å². The molecular formula is C16H15N3O3S. The van der Waals surface area contributed by atoms with Crippen LogP contribution in [0.25, 0.3) is 10.2 Å². The number of hydrogen-bond acceptors (Lipinski definition) is 7. The number of aromatic nitrogens is 1. The molecule has 0 atom stereocenters. The normalized spacial score (nSPS) is 11.0. The van der Waals surface area contributed by atoms with E-state index < -0.39 is 0 Å². The fourth-order valence-corrected chi connectivity index (χ4v) is 2.89. The lowest BCUT2D eigenvalue weighted by molar-refractivity contribution is 0.340. The maximum atomic E-state index is 9.88. The summed E-state index contributed by atoms with van der Waals surface area (Å²) in [7, 11) is 2.96. The van der Waals surface area contributed by atoms with Crippen molar-refractivity contribution in [1.82, 2.24) is 4.98 Å². The Bertz CT molecular complexity index is 803. The molecule has 2 aromatic carbocycles. The molecule has 0 aliphatic rings. The fourth-order valence-electron chi connectivity index (χ4n) is 2.07. The number of fused-ring (bicyclic) bond motifs is 1. The van der Waals surface area contributed by atoms with Crippen molar-refractivity contribution >= 4 is 32.9 Å². The van der Waals surface area contributed by atoms with Crippen LogP contribution in [0.15, 0.2) is 41.5 Å². The number of anilines is 1. The lowest BCUT2D eigenvalue weighted by Crippen LogP contribution is -1.94. The molecule has 2 N–H and O–H groups in total. The quantitative estimate of drug-likeness (QED) is 0.554. The van der Waals surface area contributed by atoms with Gasteiger partial charge in [0.05, 0.1) is 30.7 Å². The Morgan fingerprint density at radius 3 is 2.52 bits per heavy atom. The molecule has 1 heterocycles. The predicted molar refractivity (Wildman–Crippen MR) is 92.0 cm³/mol. The van der Waals surface area contributed by atoms with Crippen LogP contribution in [0, 0.1) is 0 Å². The summed E-state index contributed by atoms with van der Waals surface area (Å²) < 4.78 is 11.3. The van der Waals surface area contributed by atoms with E-state index in [0.717, 1.165) is 15.8 Å². The number of phenolic OH excluding ortho intramolecular Hbond substituents is 1. The first-order valence-corrected chi connectivity index (χ1v) is 7.62. The molecule has 3 aromatic rings. The number of nitrogens with zero attached hydrogens (tertiary/aromatic N) is 2. The van der Waals surface area contributed by atoms with Gasteiger partial charge in [-0.15, -0.1) is 0 Å². The van der Waals surface area contributed by atoms with E-state index in [1.165, 1.54) is 25.6 Å². The van der Waals surface area contributed by atoms with Crippen LogP contribution in [0.4, 0.5) is 5.13 Å². The molecule has 0 saturated carbocycles. The van der Waals surface area contributed by atoms with Crippen LogP contribution in [0.1, 0.15) is 5.56 Å². The number of hydrogen-bond donors (Lipinski definition) is 2. The zero-order chi connectivity index (χ0) is 16.2. The third-order valence-corrected chi connectivity index (χ3v) is 4.11. The molecule has 3 rings (SSSR count). The number of methoxy groups -OCH3 is 2. The third kappa shape index (κ3) is 3.19. The second-order valence-electron chi connectivity index (χ2n) is 4.63. The number of rotatable bonds is 5. The van der Waals surface area contributed by atoms with Gasteiger partial charge in [-0.1, -0.05) is 23.5 Å². The van der Waals surface area contributed by atoms with Crippen LogP contribution >= 0.6 is 11.3 Å². The van der Waals surface area contributed by atoms with E-state index >= 15 is 0 Å². The molecule has 23 heavy (non-hydrogen) atoms. The number of benzene rings is 2. The highest BCUT2D eigenvalue weighted by Crippen LogP contribution is 2.36. The molecule has 0 spiro atoms. The van der Waals surface area contributed by atoms with Gasteiger partial charge >= 0.3 is 0 Å². The molecule has 0 amide bonds. The van der Waals surface area contributed by atoms with E-state index in [1.807, 2.05) is 24.3 Å². The van der Waals surface area contributed by atoms with E-state index in [-0.39, 0.29) is 5.75 Å². The summed E-state index contributed by atoms with van der Waals surface area (Å²) in [6, 6.07) is 11.2. The minimum Gasteiger partial charge on any atom is -0.502 e. The van der Waals surface area contributed by atoms with Gasteiger partial charge in [-0.2, -0.15) is 5.10 Å². The number of nitrogens with one attached hydrogen (secondary N) is 1. The maximum absolute atomic E-state index is 9.88. The van der Waals surface area contributed by atoms with Crippen molar-refractivity contribution in [2.45, 2.75) is 0 Å². The summed E-state index contributed by atoms with van der Waals surface area (Å²) in [6.07, 6.45) is 1.61. The maximum Gasteiger partial charge on any atom is 0.204 e. The molecule has 6 nitrogen and oxygen atoms in total.